The van der Waals surface area contributed by atoms with E-state index in [0.717, 1.165) is 5.56 Å². The first kappa shape index (κ1) is 13.0. The van der Waals surface area contributed by atoms with Gasteiger partial charge in [0.15, 0.2) is 0 Å². The van der Waals surface area contributed by atoms with E-state index in [-0.39, 0.29) is 23.9 Å². The Hall–Kier alpha value is -1.40. The van der Waals surface area contributed by atoms with Crippen molar-refractivity contribution >= 4 is 33.5 Å². The second kappa shape index (κ2) is 4.70. The van der Waals surface area contributed by atoms with Crippen LogP contribution < -0.4 is 10.6 Å². The van der Waals surface area contributed by atoms with Crippen LogP contribution in [0.4, 0.5) is 5.69 Å². The molecular weight excluding hydrogens is 300 g/mol. The number of carbonyl (C=O) groups excluding carboxylic acids is 1. The van der Waals surface area contributed by atoms with Gasteiger partial charge in [-0.1, -0.05) is 0 Å². The molecule has 0 radical (unpaired) electrons. The Morgan fingerprint density at radius 1 is 1.56 bits per heavy atom. The molecule has 1 aromatic rings. The molecule has 6 heteroatoms. The molecule has 5 nitrogen and oxygen atoms in total. The van der Waals surface area contributed by atoms with Gasteiger partial charge in [0.05, 0.1) is 11.3 Å². The molecule has 1 heterocycles. The van der Waals surface area contributed by atoms with Crippen molar-refractivity contribution in [1.29, 1.82) is 0 Å². The van der Waals surface area contributed by atoms with Crippen LogP contribution in [0.2, 0.25) is 0 Å². The molecule has 1 amide bonds. The SMILES string of the molecule is Cc1cc(Br)c(N2CC(N)CC2=O)c(C(=O)O)c1. The maximum atomic E-state index is 11.8. The lowest BCUT2D eigenvalue weighted by Crippen LogP contribution is -2.29. The van der Waals surface area contributed by atoms with Gasteiger partial charge in [0.2, 0.25) is 5.91 Å². The third-order valence-electron chi connectivity index (χ3n) is 2.86. The molecule has 1 aromatic carbocycles. The highest BCUT2D eigenvalue weighted by atomic mass is 79.9. The van der Waals surface area contributed by atoms with Crippen LogP contribution in [0.5, 0.6) is 0 Å². The molecule has 18 heavy (non-hydrogen) atoms. The number of carboxylic acids is 1. The average Bonchev–Trinajstić information content (AvgIpc) is 2.56. The number of carboxylic acid groups (broad SMARTS) is 1. The van der Waals surface area contributed by atoms with E-state index in [1.165, 1.54) is 4.90 Å². The highest BCUT2D eigenvalue weighted by Gasteiger charge is 2.32. The largest absolute Gasteiger partial charge is 0.478 e. The van der Waals surface area contributed by atoms with Crippen molar-refractivity contribution in [3.05, 3.63) is 27.7 Å². The summed E-state index contributed by atoms with van der Waals surface area (Å²) >= 11 is 3.33. The van der Waals surface area contributed by atoms with Crippen molar-refractivity contribution in [3.63, 3.8) is 0 Å². The number of aryl methyl sites for hydroxylation is 1. The van der Waals surface area contributed by atoms with Crippen molar-refractivity contribution < 1.29 is 14.7 Å². The van der Waals surface area contributed by atoms with Crippen molar-refractivity contribution in [2.45, 2.75) is 19.4 Å². The molecule has 0 bridgehead atoms. The average molecular weight is 313 g/mol. The van der Waals surface area contributed by atoms with Gasteiger partial charge in [-0.15, -0.1) is 0 Å². The minimum atomic E-state index is -1.05. The highest BCUT2D eigenvalue weighted by molar-refractivity contribution is 9.10. The molecule has 1 atom stereocenters. The van der Waals surface area contributed by atoms with E-state index in [4.69, 9.17) is 5.73 Å². The quantitative estimate of drug-likeness (QED) is 0.867. The van der Waals surface area contributed by atoms with Gasteiger partial charge in [0.25, 0.3) is 0 Å². The predicted molar refractivity (Wildman–Crippen MR) is 70.8 cm³/mol. The first-order chi connectivity index (χ1) is 8.40. The topological polar surface area (TPSA) is 83.6 Å². The van der Waals surface area contributed by atoms with E-state index in [0.29, 0.717) is 16.7 Å². The summed E-state index contributed by atoms with van der Waals surface area (Å²) in [5.74, 6) is -1.20. The molecule has 1 fully saturated rings. The number of hydrogen-bond acceptors (Lipinski definition) is 3. The Balaban J connectivity index is 2.56. The molecule has 1 saturated heterocycles. The fourth-order valence-electron chi connectivity index (χ4n) is 2.12. The number of halogens is 1. The number of benzene rings is 1. The lowest BCUT2D eigenvalue weighted by atomic mass is 10.1. The van der Waals surface area contributed by atoms with E-state index >= 15 is 0 Å². The van der Waals surface area contributed by atoms with Gasteiger partial charge in [0.1, 0.15) is 0 Å². The van der Waals surface area contributed by atoms with Crippen LogP contribution in [0.15, 0.2) is 16.6 Å². The van der Waals surface area contributed by atoms with Crippen LogP contribution in [0.1, 0.15) is 22.3 Å². The summed E-state index contributed by atoms with van der Waals surface area (Å²) in [6, 6.07) is 3.10. The van der Waals surface area contributed by atoms with Crippen LogP contribution >= 0.6 is 15.9 Å². The number of aromatic carboxylic acids is 1. The summed E-state index contributed by atoms with van der Waals surface area (Å²) in [5, 5.41) is 9.24. The van der Waals surface area contributed by atoms with Crippen LogP contribution in [0.25, 0.3) is 0 Å². The Morgan fingerprint density at radius 3 is 2.72 bits per heavy atom. The monoisotopic (exact) mass is 312 g/mol. The lowest BCUT2D eigenvalue weighted by Gasteiger charge is -2.20. The normalized spacial score (nSPS) is 19.4. The van der Waals surface area contributed by atoms with Crippen molar-refractivity contribution in [1.82, 2.24) is 0 Å². The molecule has 1 aliphatic heterocycles. The smallest absolute Gasteiger partial charge is 0.337 e. The zero-order valence-corrected chi connectivity index (χ0v) is 11.4. The van der Waals surface area contributed by atoms with Crippen molar-refractivity contribution in [2.75, 3.05) is 11.4 Å². The van der Waals surface area contributed by atoms with E-state index in [2.05, 4.69) is 15.9 Å². The van der Waals surface area contributed by atoms with Crippen molar-refractivity contribution in [3.8, 4) is 0 Å². The maximum absolute atomic E-state index is 11.8. The minimum Gasteiger partial charge on any atom is -0.478 e. The molecule has 1 unspecified atom stereocenters. The van der Waals surface area contributed by atoms with E-state index in [1.54, 1.807) is 19.1 Å². The minimum absolute atomic E-state index is 0.115. The molecule has 0 saturated carbocycles. The number of carbonyl (C=O) groups is 2. The van der Waals surface area contributed by atoms with Gasteiger partial charge in [-0.3, -0.25) is 4.79 Å². The third kappa shape index (κ3) is 2.26. The Morgan fingerprint density at radius 2 is 2.22 bits per heavy atom. The van der Waals surface area contributed by atoms with E-state index in [9.17, 15) is 14.7 Å². The Kier molecular flexibility index (Phi) is 3.41. The summed E-state index contributed by atoms with van der Waals surface area (Å²) in [4.78, 5) is 24.6. The van der Waals surface area contributed by atoms with Crippen LogP contribution in [-0.2, 0) is 4.79 Å². The third-order valence-corrected chi connectivity index (χ3v) is 3.47. The van der Waals surface area contributed by atoms with Gasteiger partial charge in [0, 0.05) is 23.5 Å². The second-order valence-corrected chi connectivity index (χ2v) is 5.27. The number of amides is 1. The number of hydrogen-bond donors (Lipinski definition) is 2. The summed E-state index contributed by atoms with van der Waals surface area (Å²) in [7, 11) is 0. The fraction of sp³-hybridized carbons (Fsp3) is 0.333. The van der Waals surface area contributed by atoms with Gasteiger partial charge in [-0.2, -0.15) is 0 Å². The standard InChI is InChI=1S/C12H13BrN2O3/c1-6-2-8(12(17)18)11(9(13)3-6)15-5-7(14)4-10(15)16/h2-3,7H,4-5,14H2,1H3,(H,17,18). The number of rotatable bonds is 2. The first-order valence-corrected chi connectivity index (χ1v) is 6.29. The van der Waals surface area contributed by atoms with Gasteiger partial charge >= 0.3 is 5.97 Å². The molecule has 0 aromatic heterocycles. The van der Waals surface area contributed by atoms with Gasteiger partial charge < -0.3 is 15.7 Å². The number of nitrogens with two attached hydrogens (primary N) is 1. The van der Waals surface area contributed by atoms with Crippen LogP contribution in [-0.4, -0.2) is 29.6 Å². The predicted octanol–water partition coefficient (Wildman–Crippen LogP) is 1.52. The zero-order chi connectivity index (χ0) is 13.4. The molecule has 0 spiro atoms. The van der Waals surface area contributed by atoms with Gasteiger partial charge in [-0.05, 0) is 40.5 Å². The molecule has 0 aliphatic carbocycles. The number of anilines is 1. The van der Waals surface area contributed by atoms with Crippen LogP contribution in [0, 0.1) is 6.92 Å². The number of nitrogens with zero attached hydrogens (tertiary/aromatic N) is 1. The highest BCUT2D eigenvalue weighted by Crippen LogP contribution is 2.34. The molecule has 2 rings (SSSR count). The Bertz CT molecular complexity index is 530. The maximum Gasteiger partial charge on any atom is 0.337 e. The first-order valence-electron chi connectivity index (χ1n) is 5.49. The summed E-state index contributed by atoms with van der Waals surface area (Å²) < 4.78 is 0.599. The van der Waals surface area contributed by atoms with Crippen molar-refractivity contribution in [2.24, 2.45) is 5.73 Å². The molecular formula is C12H13BrN2O3. The van der Waals surface area contributed by atoms with Gasteiger partial charge in [-0.25, -0.2) is 4.79 Å². The lowest BCUT2D eigenvalue weighted by molar-refractivity contribution is -0.117. The van der Waals surface area contributed by atoms with E-state index < -0.39 is 5.97 Å². The summed E-state index contributed by atoms with van der Waals surface area (Å²) in [6.07, 6.45) is 0.249. The molecule has 1 aliphatic rings. The molecule has 96 valence electrons. The molecule has 3 N–H and O–H groups in total. The zero-order valence-electron chi connectivity index (χ0n) is 9.81. The second-order valence-electron chi connectivity index (χ2n) is 4.42. The fourth-order valence-corrected chi connectivity index (χ4v) is 2.91. The summed E-state index contributed by atoms with van der Waals surface area (Å²) in [6.45, 7) is 2.15. The Labute approximate surface area is 113 Å². The summed E-state index contributed by atoms with van der Waals surface area (Å²) in [5.41, 5.74) is 7.06. The van der Waals surface area contributed by atoms with Crippen LogP contribution in [0.3, 0.4) is 0 Å². The van der Waals surface area contributed by atoms with E-state index in [1.807, 2.05) is 0 Å².